The maximum Gasteiger partial charge on any atom is 0.417 e. The zero-order valence-electron chi connectivity index (χ0n) is 13.3. The number of likely N-dealkylation sites (tertiary alicyclic amines) is 1. The first-order chi connectivity index (χ1) is 11.2. The van der Waals surface area contributed by atoms with E-state index in [1.54, 1.807) is 0 Å². The molecule has 1 saturated heterocycles. The lowest BCUT2D eigenvalue weighted by molar-refractivity contribution is -0.139. The molecule has 5 nitrogen and oxygen atoms in total. The highest BCUT2D eigenvalue weighted by Crippen LogP contribution is 2.35. The van der Waals surface area contributed by atoms with Gasteiger partial charge in [-0.05, 0) is 44.1 Å². The molecule has 24 heavy (non-hydrogen) atoms. The van der Waals surface area contributed by atoms with Gasteiger partial charge in [-0.3, -0.25) is 0 Å². The second-order valence-corrected chi connectivity index (χ2v) is 7.47. The average molecular weight is 365 g/mol. The summed E-state index contributed by atoms with van der Waals surface area (Å²) >= 11 is 0. The minimum absolute atomic E-state index is 0.226. The number of primary sulfonamides is 1. The highest BCUT2D eigenvalue weighted by molar-refractivity contribution is 7.89. The standard InChI is InChI=1S/C15H22F3N3O2S/c16-15(17,18)13-11-12(5-6-14(13)24(19,22)23)20-7-10-21-8-3-1-2-4-9-21/h5-6,11,20H,1-4,7-10H2,(H2,19,22,23). The molecule has 1 heterocycles. The molecule has 1 aromatic rings. The summed E-state index contributed by atoms with van der Waals surface area (Å²) in [6.07, 6.45) is -0.0748. The van der Waals surface area contributed by atoms with Crippen LogP contribution in [0.2, 0.25) is 0 Å². The Kier molecular flexibility index (Phi) is 6.11. The van der Waals surface area contributed by atoms with E-state index in [-0.39, 0.29) is 5.69 Å². The Morgan fingerprint density at radius 3 is 2.29 bits per heavy atom. The van der Waals surface area contributed by atoms with E-state index >= 15 is 0 Å². The largest absolute Gasteiger partial charge is 0.417 e. The normalized spacial score (nSPS) is 17.5. The number of alkyl halides is 3. The number of benzene rings is 1. The molecule has 1 aliphatic rings. The third-order valence-electron chi connectivity index (χ3n) is 4.05. The van der Waals surface area contributed by atoms with Crippen LogP contribution in [0.3, 0.4) is 0 Å². The fourth-order valence-corrected chi connectivity index (χ4v) is 3.57. The predicted molar refractivity (Wildman–Crippen MR) is 86.2 cm³/mol. The van der Waals surface area contributed by atoms with Crippen LogP contribution in [0.25, 0.3) is 0 Å². The zero-order valence-corrected chi connectivity index (χ0v) is 14.1. The van der Waals surface area contributed by atoms with Gasteiger partial charge in [0.1, 0.15) is 0 Å². The third-order valence-corrected chi connectivity index (χ3v) is 5.02. The zero-order chi connectivity index (χ0) is 17.8. The maximum absolute atomic E-state index is 13.1. The number of anilines is 1. The number of halogens is 3. The lowest BCUT2D eigenvalue weighted by atomic mass is 10.2. The molecular formula is C15H22F3N3O2S. The van der Waals surface area contributed by atoms with Crippen LogP contribution in [-0.2, 0) is 16.2 Å². The third kappa shape index (κ3) is 5.35. The van der Waals surface area contributed by atoms with Crippen LogP contribution in [0.4, 0.5) is 18.9 Å². The molecule has 0 bridgehead atoms. The molecule has 9 heteroatoms. The summed E-state index contributed by atoms with van der Waals surface area (Å²) < 4.78 is 61.8. The van der Waals surface area contributed by atoms with Crippen molar-refractivity contribution in [3.63, 3.8) is 0 Å². The van der Waals surface area contributed by atoms with Gasteiger partial charge in [0.15, 0.2) is 0 Å². The number of nitrogens with one attached hydrogen (secondary N) is 1. The van der Waals surface area contributed by atoms with E-state index in [0.717, 1.165) is 44.6 Å². The van der Waals surface area contributed by atoms with E-state index in [9.17, 15) is 21.6 Å². The summed E-state index contributed by atoms with van der Waals surface area (Å²) in [5, 5.41) is 7.79. The number of rotatable bonds is 5. The van der Waals surface area contributed by atoms with Crippen LogP contribution in [-0.4, -0.2) is 39.5 Å². The summed E-state index contributed by atoms with van der Waals surface area (Å²) in [7, 11) is -4.43. The van der Waals surface area contributed by atoms with E-state index in [1.165, 1.54) is 18.9 Å². The van der Waals surface area contributed by atoms with Crippen molar-refractivity contribution in [1.29, 1.82) is 0 Å². The first-order valence-corrected chi connectivity index (χ1v) is 9.43. The molecule has 0 spiro atoms. The molecule has 1 fully saturated rings. The Labute approximate surface area is 140 Å². The van der Waals surface area contributed by atoms with Crippen LogP contribution >= 0.6 is 0 Å². The van der Waals surface area contributed by atoms with Crippen molar-refractivity contribution in [2.45, 2.75) is 36.8 Å². The van der Waals surface area contributed by atoms with Gasteiger partial charge in [-0.2, -0.15) is 13.2 Å². The van der Waals surface area contributed by atoms with Crippen molar-refractivity contribution in [2.24, 2.45) is 5.14 Å². The summed E-state index contributed by atoms with van der Waals surface area (Å²) in [6.45, 7) is 3.23. The molecule has 3 N–H and O–H groups in total. The Morgan fingerprint density at radius 2 is 1.75 bits per heavy atom. The summed E-state index contributed by atoms with van der Waals surface area (Å²) in [4.78, 5) is 1.37. The average Bonchev–Trinajstić information content (AvgIpc) is 2.74. The summed E-state index contributed by atoms with van der Waals surface area (Å²) in [5.74, 6) is 0. The first-order valence-electron chi connectivity index (χ1n) is 7.88. The monoisotopic (exact) mass is 365 g/mol. The molecule has 0 aliphatic carbocycles. The lowest BCUT2D eigenvalue weighted by Gasteiger charge is -2.20. The maximum atomic E-state index is 13.1. The smallest absolute Gasteiger partial charge is 0.384 e. The van der Waals surface area contributed by atoms with Gasteiger partial charge >= 0.3 is 6.18 Å². The van der Waals surface area contributed by atoms with Crippen molar-refractivity contribution in [1.82, 2.24) is 4.90 Å². The van der Waals surface area contributed by atoms with Gasteiger partial charge in [0.05, 0.1) is 10.5 Å². The molecule has 0 unspecified atom stereocenters. The fraction of sp³-hybridized carbons (Fsp3) is 0.600. The highest BCUT2D eigenvalue weighted by Gasteiger charge is 2.36. The quantitative estimate of drug-likeness (QED) is 0.841. The Hall–Kier alpha value is -1.32. The van der Waals surface area contributed by atoms with Crippen molar-refractivity contribution in [3.05, 3.63) is 23.8 Å². The molecule has 0 radical (unpaired) electrons. The van der Waals surface area contributed by atoms with Gasteiger partial charge in [0.25, 0.3) is 0 Å². The minimum Gasteiger partial charge on any atom is -0.384 e. The van der Waals surface area contributed by atoms with Crippen LogP contribution in [0.15, 0.2) is 23.1 Å². The van der Waals surface area contributed by atoms with E-state index in [4.69, 9.17) is 5.14 Å². The second-order valence-electron chi connectivity index (χ2n) is 5.94. The Morgan fingerprint density at radius 1 is 1.12 bits per heavy atom. The van der Waals surface area contributed by atoms with E-state index < -0.39 is 26.7 Å². The molecule has 0 saturated carbocycles. The molecular weight excluding hydrogens is 343 g/mol. The molecule has 0 atom stereocenters. The Balaban J connectivity index is 2.05. The van der Waals surface area contributed by atoms with Gasteiger partial charge in [0.2, 0.25) is 10.0 Å². The molecule has 2 rings (SSSR count). The fourth-order valence-electron chi connectivity index (χ4n) is 2.83. The Bertz CT molecular complexity index is 654. The van der Waals surface area contributed by atoms with Gasteiger partial charge < -0.3 is 10.2 Å². The second kappa shape index (κ2) is 7.71. The van der Waals surface area contributed by atoms with E-state index in [2.05, 4.69) is 10.2 Å². The molecule has 136 valence electrons. The van der Waals surface area contributed by atoms with Crippen molar-refractivity contribution in [3.8, 4) is 0 Å². The van der Waals surface area contributed by atoms with Crippen LogP contribution in [0.1, 0.15) is 31.2 Å². The van der Waals surface area contributed by atoms with Crippen LogP contribution in [0, 0.1) is 0 Å². The van der Waals surface area contributed by atoms with Gasteiger partial charge in [0, 0.05) is 18.8 Å². The highest BCUT2D eigenvalue weighted by atomic mass is 32.2. The van der Waals surface area contributed by atoms with Gasteiger partial charge in [-0.15, -0.1) is 0 Å². The number of hydrogen-bond donors (Lipinski definition) is 2. The summed E-state index contributed by atoms with van der Waals surface area (Å²) in [6, 6.07) is 2.99. The van der Waals surface area contributed by atoms with E-state index in [0.29, 0.717) is 6.54 Å². The topological polar surface area (TPSA) is 75.4 Å². The molecule has 1 aliphatic heterocycles. The number of nitrogens with zero attached hydrogens (tertiary/aromatic N) is 1. The van der Waals surface area contributed by atoms with Crippen molar-refractivity contribution in [2.75, 3.05) is 31.5 Å². The minimum atomic E-state index is -4.79. The van der Waals surface area contributed by atoms with E-state index in [1.807, 2.05) is 0 Å². The number of hydrogen-bond acceptors (Lipinski definition) is 4. The van der Waals surface area contributed by atoms with Crippen LogP contribution in [0.5, 0.6) is 0 Å². The van der Waals surface area contributed by atoms with Crippen molar-refractivity contribution >= 4 is 15.7 Å². The van der Waals surface area contributed by atoms with Gasteiger partial charge in [-0.25, -0.2) is 13.6 Å². The van der Waals surface area contributed by atoms with Crippen LogP contribution < -0.4 is 10.5 Å². The van der Waals surface area contributed by atoms with Gasteiger partial charge in [-0.1, -0.05) is 12.8 Å². The predicted octanol–water partition coefficient (Wildman–Crippen LogP) is 2.64. The molecule has 1 aromatic carbocycles. The number of sulfonamides is 1. The first kappa shape index (κ1) is 19.0. The molecule has 0 aromatic heterocycles. The lowest BCUT2D eigenvalue weighted by Crippen LogP contribution is -2.30. The SMILES string of the molecule is NS(=O)(=O)c1ccc(NCCN2CCCCCC2)cc1C(F)(F)F. The molecule has 0 amide bonds. The van der Waals surface area contributed by atoms with Crippen molar-refractivity contribution < 1.29 is 21.6 Å². The summed E-state index contributed by atoms with van der Waals surface area (Å²) in [5.41, 5.74) is -1.02. The number of nitrogens with two attached hydrogens (primary N) is 1.